The van der Waals surface area contributed by atoms with E-state index < -0.39 is 10.0 Å². The molecule has 1 aliphatic rings. The number of hydrogen-bond donors (Lipinski definition) is 1. The van der Waals surface area contributed by atoms with Crippen LogP contribution in [-0.2, 0) is 10.0 Å². The predicted molar refractivity (Wildman–Crippen MR) is 110 cm³/mol. The Labute approximate surface area is 170 Å². The number of aryl methyl sites for hydroxylation is 1. The number of nitrogens with one attached hydrogen (secondary N) is 1. The first kappa shape index (κ1) is 20.6. The van der Waals surface area contributed by atoms with Crippen molar-refractivity contribution in [2.45, 2.75) is 18.7 Å². The van der Waals surface area contributed by atoms with E-state index >= 15 is 0 Å². The minimum atomic E-state index is -3.63. The fraction of sp³-hybridized carbons (Fsp3) is 0.368. The summed E-state index contributed by atoms with van der Waals surface area (Å²) in [7, 11) is -2.27. The van der Waals surface area contributed by atoms with Crippen LogP contribution in [0.4, 0.5) is 5.82 Å². The van der Waals surface area contributed by atoms with Crippen molar-refractivity contribution in [3.05, 3.63) is 52.2 Å². The minimum absolute atomic E-state index is 0.141. The molecule has 1 aromatic heterocycles. The third kappa shape index (κ3) is 4.14. The molecule has 0 bridgehead atoms. The fourth-order valence-electron chi connectivity index (χ4n) is 3.22. The Balaban J connectivity index is 1.77. The zero-order valence-corrected chi connectivity index (χ0v) is 17.6. The highest BCUT2D eigenvalue weighted by Gasteiger charge is 2.25. The number of amides is 1. The Morgan fingerprint density at radius 2 is 1.82 bits per heavy atom. The Morgan fingerprint density at radius 1 is 1.14 bits per heavy atom. The number of benzene rings is 1. The molecule has 0 radical (unpaired) electrons. The predicted octanol–water partition coefficient (Wildman–Crippen LogP) is 2.22. The van der Waals surface area contributed by atoms with Crippen LogP contribution in [0.1, 0.15) is 21.5 Å². The van der Waals surface area contributed by atoms with Crippen LogP contribution in [0.15, 0.2) is 35.4 Å². The van der Waals surface area contributed by atoms with Crippen molar-refractivity contribution >= 4 is 33.3 Å². The van der Waals surface area contributed by atoms with Crippen molar-refractivity contribution in [2.75, 3.05) is 38.1 Å². The van der Waals surface area contributed by atoms with Crippen LogP contribution in [0, 0.1) is 13.8 Å². The molecule has 0 atom stereocenters. The lowest BCUT2D eigenvalue weighted by Gasteiger charge is -2.35. The molecule has 2 heterocycles. The van der Waals surface area contributed by atoms with Crippen molar-refractivity contribution in [2.24, 2.45) is 0 Å². The van der Waals surface area contributed by atoms with Gasteiger partial charge in [0.2, 0.25) is 10.0 Å². The van der Waals surface area contributed by atoms with Crippen LogP contribution in [0.5, 0.6) is 0 Å². The number of aromatic nitrogens is 1. The largest absolute Gasteiger partial charge is 0.353 e. The van der Waals surface area contributed by atoms with Crippen LogP contribution in [-0.4, -0.2) is 57.4 Å². The average molecular weight is 423 g/mol. The first-order valence-corrected chi connectivity index (χ1v) is 10.8. The summed E-state index contributed by atoms with van der Waals surface area (Å²) in [5.74, 6) is 0.657. The van der Waals surface area contributed by atoms with Crippen LogP contribution >= 0.6 is 11.6 Å². The molecule has 28 heavy (non-hydrogen) atoms. The van der Waals surface area contributed by atoms with E-state index in [0.29, 0.717) is 42.3 Å². The second-order valence-electron chi connectivity index (χ2n) is 6.74. The summed E-state index contributed by atoms with van der Waals surface area (Å²) in [5, 5.41) is 0.583. The van der Waals surface area contributed by atoms with E-state index in [1.807, 2.05) is 13.0 Å². The first-order chi connectivity index (χ1) is 13.2. The zero-order chi connectivity index (χ0) is 20.5. The quantitative estimate of drug-likeness (QED) is 0.816. The van der Waals surface area contributed by atoms with Gasteiger partial charge in [0.15, 0.2) is 0 Å². The Morgan fingerprint density at radius 3 is 2.39 bits per heavy atom. The molecule has 7 nitrogen and oxygen atoms in total. The van der Waals surface area contributed by atoms with Crippen molar-refractivity contribution in [3.63, 3.8) is 0 Å². The number of pyridine rings is 1. The molecule has 3 rings (SSSR count). The van der Waals surface area contributed by atoms with Gasteiger partial charge in [0.25, 0.3) is 5.91 Å². The molecule has 0 aliphatic carbocycles. The summed E-state index contributed by atoms with van der Waals surface area (Å²) >= 11 is 5.88. The van der Waals surface area contributed by atoms with E-state index in [2.05, 4.69) is 14.6 Å². The standard InChI is InChI=1S/C19H23ClN4O3S/c1-13-10-15(11-17(14(13)2)28(26,27)21-3)19(25)24-8-6-23(7-9-24)18-5-4-16(20)12-22-18/h4-5,10-12,21H,6-9H2,1-3H3. The lowest BCUT2D eigenvalue weighted by molar-refractivity contribution is 0.0746. The van der Waals surface area contributed by atoms with Gasteiger partial charge in [-0.3, -0.25) is 4.79 Å². The first-order valence-electron chi connectivity index (χ1n) is 8.93. The second kappa shape index (κ2) is 8.06. The van der Waals surface area contributed by atoms with Crippen molar-refractivity contribution in [1.29, 1.82) is 0 Å². The monoisotopic (exact) mass is 422 g/mol. The minimum Gasteiger partial charge on any atom is -0.353 e. The molecule has 0 saturated carbocycles. The number of piperazine rings is 1. The van der Waals surface area contributed by atoms with E-state index in [1.165, 1.54) is 13.1 Å². The van der Waals surface area contributed by atoms with Gasteiger partial charge in [-0.2, -0.15) is 0 Å². The summed E-state index contributed by atoms with van der Waals surface area (Å²) in [6.07, 6.45) is 1.60. The molecule has 9 heteroatoms. The van der Waals surface area contributed by atoms with Gasteiger partial charge in [-0.1, -0.05) is 11.6 Å². The highest BCUT2D eigenvalue weighted by Crippen LogP contribution is 2.23. The lowest BCUT2D eigenvalue weighted by atomic mass is 10.0. The fourth-order valence-corrected chi connectivity index (χ4v) is 4.39. The molecule has 0 spiro atoms. The van der Waals surface area contributed by atoms with Gasteiger partial charge in [-0.25, -0.2) is 18.1 Å². The van der Waals surface area contributed by atoms with E-state index in [4.69, 9.17) is 11.6 Å². The van der Waals surface area contributed by atoms with Crippen LogP contribution < -0.4 is 9.62 Å². The van der Waals surface area contributed by atoms with Gasteiger partial charge in [-0.05, 0) is 56.3 Å². The normalized spacial score (nSPS) is 15.0. The molecule has 150 valence electrons. The summed E-state index contributed by atoms with van der Waals surface area (Å²) in [6, 6.07) is 6.86. The van der Waals surface area contributed by atoms with E-state index in [-0.39, 0.29) is 10.8 Å². The Bertz CT molecular complexity index is 985. The zero-order valence-electron chi connectivity index (χ0n) is 16.1. The van der Waals surface area contributed by atoms with Crippen molar-refractivity contribution in [1.82, 2.24) is 14.6 Å². The van der Waals surface area contributed by atoms with Gasteiger partial charge in [0.1, 0.15) is 5.82 Å². The Kier molecular flexibility index (Phi) is 5.92. The molecule has 1 aromatic carbocycles. The highest BCUT2D eigenvalue weighted by molar-refractivity contribution is 7.89. The molecule has 1 aliphatic heterocycles. The van der Waals surface area contributed by atoms with Gasteiger partial charge in [0, 0.05) is 37.9 Å². The number of anilines is 1. The molecule has 1 saturated heterocycles. The lowest BCUT2D eigenvalue weighted by Crippen LogP contribution is -2.49. The van der Waals surface area contributed by atoms with Crippen LogP contribution in [0.3, 0.4) is 0 Å². The van der Waals surface area contributed by atoms with Gasteiger partial charge < -0.3 is 9.80 Å². The summed E-state index contributed by atoms with van der Waals surface area (Å²) in [4.78, 5) is 21.3. The summed E-state index contributed by atoms with van der Waals surface area (Å²) in [6.45, 7) is 5.91. The third-order valence-electron chi connectivity index (χ3n) is 5.03. The molecular weight excluding hydrogens is 400 g/mol. The van der Waals surface area contributed by atoms with E-state index in [0.717, 1.165) is 11.4 Å². The van der Waals surface area contributed by atoms with E-state index in [1.54, 1.807) is 30.2 Å². The number of hydrogen-bond acceptors (Lipinski definition) is 5. The maximum Gasteiger partial charge on any atom is 0.254 e. The third-order valence-corrected chi connectivity index (χ3v) is 6.79. The molecule has 0 unspecified atom stereocenters. The van der Waals surface area contributed by atoms with Crippen LogP contribution in [0.2, 0.25) is 5.02 Å². The molecule has 2 aromatic rings. The van der Waals surface area contributed by atoms with Crippen molar-refractivity contribution in [3.8, 4) is 0 Å². The molecule has 1 amide bonds. The van der Waals surface area contributed by atoms with Gasteiger partial charge >= 0.3 is 0 Å². The number of halogens is 1. The van der Waals surface area contributed by atoms with Crippen LogP contribution in [0.25, 0.3) is 0 Å². The maximum atomic E-state index is 13.0. The number of carbonyl (C=O) groups is 1. The second-order valence-corrected chi connectivity index (χ2v) is 9.03. The van der Waals surface area contributed by atoms with Crippen molar-refractivity contribution < 1.29 is 13.2 Å². The number of carbonyl (C=O) groups excluding carboxylic acids is 1. The highest BCUT2D eigenvalue weighted by atomic mass is 35.5. The molecular formula is C19H23ClN4O3S. The van der Waals surface area contributed by atoms with E-state index in [9.17, 15) is 13.2 Å². The number of nitrogens with zero attached hydrogens (tertiary/aromatic N) is 3. The summed E-state index contributed by atoms with van der Waals surface area (Å²) in [5.41, 5.74) is 1.79. The summed E-state index contributed by atoms with van der Waals surface area (Å²) < 4.78 is 26.9. The SMILES string of the molecule is CNS(=O)(=O)c1cc(C(=O)N2CCN(c3ccc(Cl)cn3)CC2)cc(C)c1C. The molecule has 1 N–H and O–H groups in total. The number of sulfonamides is 1. The van der Waals surface area contributed by atoms with Gasteiger partial charge in [0.05, 0.1) is 9.92 Å². The molecule has 1 fully saturated rings. The number of rotatable bonds is 4. The average Bonchev–Trinajstić information content (AvgIpc) is 2.70. The topological polar surface area (TPSA) is 82.6 Å². The van der Waals surface area contributed by atoms with Gasteiger partial charge in [-0.15, -0.1) is 0 Å². The Hall–Kier alpha value is -2.16. The smallest absolute Gasteiger partial charge is 0.254 e. The maximum absolute atomic E-state index is 13.0.